The maximum absolute atomic E-state index is 14.0. The fourth-order valence-corrected chi connectivity index (χ4v) is 5.41. The van der Waals surface area contributed by atoms with Crippen LogP contribution < -0.4 is 0 Å². The number of amides is 1. The number of piperidine rings is 1. The molecule has 6 heteroatoms. The van der Waals surface area contributed by atoms with Crippen molar-refractivity contribution in [3.63, 3.8) is 0 Å². The zero-order valence-electron chi connectivity index (χ0n) is 16.6. The smallest absolute Gasteiger partial charge is 0.255 e. The Bertz CT molecular complexity index is 1300. The van der Waals surface area contributed by atoms with Crippen LogP contribution in [0.4, 0.5) is 4.39 Å². The summed E-state index contributed by atoms with van der Waals surface area (Å²) in [5.41, 5.74) is 3.58. The van der Waals surface area contributed by atoms with Gasteiger partial charge in [0.25, 0.3) is 5.91 Å². The molecule has 1 amide bonds. The number of imidazole rings is 1. The summed E-state index contributed by atoms with van der Waals surface area (Å²) >= 11 is 3.24. The third-order valence-electron chi connectivity index (χ3n) is 6.68. The van der Waals surface area contributed by atoms with Crippen molar-refractivity contribution in [2.24, 2.45) is 5.92 Å². The molecule has 2 atom stereocenters. The number of rotatable bonds is 3. The number of nitrogens with one attached hydrogen (secondary N) is 1. The first-order chi connectivity index (χ1) is 15.1. The lowest BCUT2D eigenvalue weighted by atomic mass is 9.98. The lowest BCUT2D eigenvalue weighted by molar-refractivity contribution is 0.0681. The highest BCUT2D eigenvalue weighted by molar-refractivity contribution is 9.10. The van der Waals surface area contributed by atoms with Crippen LogP contribution in [0.5, 0.6) is 0 Å². The van der Waals surface area contributed by atoms with E-state index in [0.29, 0.717) is 28.0 Å². The van der Waals surface area contributed by atoms with E-state index in [9.17, 15) is 9.18 Å². The van der Waals surface area contributed by atoms with E-state index in [4.69, 9.17) is 4.98 Å². The number of hydrogen-bond acceptors (Lipinski definition) is 2. The molecule has 1 aliphatic carbocycles. The van der Waals surface area contributed by atoms with Crippen molar-refractivity contribution in [2.45, 2.75) is 18.4 Å². The monoisotopic (exact) mass is 475 g/mol. The molecule has 4 aromatic rings. The fourth-order valence-electron chi connectivity index (χ4n) is 5.07. The lowest BCUT2D eigenvalue weighted by Gasteiger charge is -2.28. The third-order valence-corrected chi connectivity index (χ3v) is 7.28. The first-order valence-electron chi connectivity index (χ1n) is 10.4. The zero-order chi connectivity index (χ0) is 21.2. The van der Waals surface area contributed by atoms with Gasteiger partial charge in [-0.05, 0) is 57.9 Å². The second-order valence-corrected chi connectivity index (χ2v) is 9.21. The number of hydrogen-bond donors (Lipinski definition) is 1. The fraction of sp³-hybridized carbons (Fsp3) is 0.200. The number of carbonyl (C=O) groups excluding carboxylic acids is 1. The second-order valence-electron chi connectivity index (χ2n) is 8.35. The molecule has 3 aromatic carbocycles. The molecule has 31 heavy (non-hydrogen) atoms. The second kappa shape index (κ2) is 6.76. The van der Waals surface area contributed by atoms with Crippen LogP contribution in [0, 0.1) is 11.7 Å². The van der Waals surface area contributed by atoms with Crippen molar-refractivity contribution in [1.82, 2.24) is 14.9 Å². The summed E-state index contributed by atoms with van der Waals surface area (Å²) in [5, 5.41) is 0. The van der Waals surface area contributed by atoms with Gasteiger partial charge in [-0.15, -0.1) is 0 Å². The van der Waals surface area contributed by atoms with Gasteiger partial charge in [-0.1, -0.05) is 48.5 Å². The minimum Gasteiger partial charge on any atom is -0.340 e. The van der Waals surface area contributed by atoms with Crippen molar-refractivity contribution in [1.29, 1.82) is 0 Å². The number of carbonyl (C=O) groups is 1. The summed E-state index contributed by atoms with van der Waals surface area (Å²) in [6, 6.07) is 20.9. The quantitative estimate of drug-likeness (QED) is 0.401. The number of halogens is 2. The summed E-state index contributed by atoms with van der Waals surface area (Å²) in [7, 11) is 0. The van der Waals surface area contributed by atoms with Gasteiger partial charge in [0.2, 0.25) is 0 Å². The largest absolute Gasteiger partial charge is 0.340 e. The van der Waals surface area contributed by atoms with E-state index in [2.05, 4.69) is 20.9 Å². The molecule has 1 aliphatic heterocycles. The molecule has 0 unspecified atom stereocenters. The summed E-state index contributed by atoms with van der Waals surface area (Å²) in [4.78, 5) is 23.8. The van der Waals surface area contributed by atoms with E-state index in [1.807, 2.05) is 59.5 Å². The minimum absolute atomic E-state index is 0.0206. The van der Waals surface area contributed by atoms with E-state index in [-0.39, 0.29) is 11.7 Å². The Morgan fingerprint density at radius 2 is 1.90 bits per heavy atom. The predicted molar refractivity (Wildman–Crippen MR) is 121 cm³/mol. The first kappa shape index (κ1) is 18.8. The maximum Gasteiger partial charge on any atom is 0.255 e. The minimum atomic E-state index is -0.428. The number of aromatic nitrogens is 2. The number of likely N-dealkylation sites (tertiary alicyclic amines) is 1. The van der Waals surface area contributed by atoms with Gasteiger partial charge in [-0.3, -0.25) is 4.79 Å². The van der Waals surface area contributed by atoms with Gasteiger partial charge in [-0.2, -0.15) is 0 Å². The number of H-pyrrole nitrogens is 1. The maximum atomic E-state index is 14.0. The summed E-state index contributed by atoms with van der Waals surface area (Å²) in [6.07, 6.45) is 1.84. The first-order valence-corrected chi connectivity index (χ1v) is 11.2. The SMILES string of the molecule is O=C(c1ccccc1-c1ccccc1)N1CC[C@@H]2C[C@@]21c1nc2cc(F)c(Br)cc2[nH]1. The van der Waals surface area contributed by atoms with E-state index in [1.165, 1.54) is 6.07 Å². The van der Waals surface area contributed by atoms with Crippen LogP contribution in [-0.2, 0) is 5.54 Å². The zero-order valence-corrected chi connectivity index (χ0v) is 18.2. The average Bonchev–Trinajstić information content (AvgIpc) is 3.18. The highest BCUT2D eigenvalue weighted by Crippen LogP contribution is 2.62. The molecule has 0 radical (unpaired) electrons. The number of benzene rings is 3. The van der Waals surface area contributed by atoms with Crippen LogP contribution >= 0.6 is 15.9 Å². The predicted octanol–water partition coefficient (Wildman–Crippen LogP) is 5.89. The van der Waals surface area contributed by atoms with Gasteiger partial charge in [-0.25, -0.2) is 9.37 Å². The molecule has 2 fully saturated rings. The van der Waals surface area contributed by atoms with Crippen LogP contribution in [0.1, 0.15) is 29.0 Å². The van der Waals surface area contributed by atoms with Gasteiger partial charge in [0, 0.05) is 18.2 Å². The van der Waals surface area contributed by atoms with Gasteiger partial charge < -0.3 is 9.88 Å². The van der Waals surface area contributed by atoms with Crippen molar-refractivity contribution < 1.29 is 9.18 Å². The third kappa shape index (κ3) is 2.78. The van der Waals surface area contributed by atoms with E-state index >= 15 is 0 Å². The number of aromatic amines is 1. The Labute approximate surface area is 187 Å². The number of fused-ring (bicyclic) bond motifs is 2. The molecule has 1 N–H and O–H groups in total. The summed E-state index contributed by atoms with van der Waals surface area (Å²) in [6.45, 7) is 0.696. The Morgan fingerprint density at radius 1 is 1.13 bits per heavy atom. The molecule has 2 aliphatic rings. The van der Waals surface area contributed by atoms with Gasteiger partial charge in [0.05, 0.1) is 15.5 Å². The summed E-state index contributed by atoms with van der Waals surface area (Å²) in [5.74, 6) is 0.820. The molecule has 0 bridgehead atoms. The Hall–Kier alpha value is -2.99. The standard InChI is InChI=1S/C25H19BrFN3O/c26-19-12-21-22(13-20(19)27)29-24(28-21)25-14-16(25)10-11-30(25)23(31)18-9-5-4-8-17(18)15-6-2-1-3-7-15/h1-9,12-13,16H,10-11,14H2,(H,28,29)/t16-,25+/m1/s1. The highest BCUT2D eigenvalue weighted by Gasteiger charge is 2.66. The summed E-state index contributed by atoms with van der Waals surface area (Å²) < 4.78 is 14.4. The Morgan fingerprint density at radius 3 is 2.71 bits per heavy atom. The molecule has 6 rings (SSSR count). The molecule has 2 heterocycles. The van der Waals surface area contributed by atoms with Crippen molar-refractivity contribution in [3.05, 3.63) is 88.4 Å². The van der Waals surface area contributed by atoms with Gasteiger partial charge in [0.1, 0.15) is 17.2 Å². The van der Waals surface area contributed by atoms with Crippen molar-refractivity contribution in [2.75, 3.05) is 6.54 Å². The lowest BCUT2D eigenvalue weighted by Crippen LogP contribution is -2.39. The molecule has 154 valence electrons. The molecule has 1 aromatic heterocycles. The van der Waals surface area contributed by atoms with Crippen LogP contribution in [0.15, 0.2) is 71.2 Å². The van der Waals surface area contributed by atoms with Crippen LogP contribution in [0.3, 0.4) is 0 Å². The number of nitrogens with zero attached hydrogens (tertiary/aromatic N) is 2. The van der Waals surface area contributed by atoms with Crippen LogP contribution in [-0.4, -0.2) is 27.3 Å². The topological polar surface area (TPSA) is 49.0 Å². The van der Waals surface area contributed by atoms with Crippen molar-refractivity contribution in [3.8, 4) is 11.1 Å². The molecular weight excluding hydrogens is 457 g/mol. The van der Waals surface area contributed by atoms with E-state index in [1.54, 1.807) is 6.07 Å². The Balaban J connectivity index is 1.42. The van der Waals surface area contributed by atoms with Crippen LogP contribution in [0.2, 0.25) is 0 Å². The van der Waals surface area contributed by atoms with E-state index in [0.717, 1.165) is 35.3 Å². The van der Waals surface area contributed by atoms with E-state index < -0.39 is 5.54 Å². The normalized spacial score (nSPS) is 22.0. The van der Waals surface area contributed by atoms with Crippen molar-refractivity contribution >= 4 is 32.9 Å². The molecule has 4 nitrogen and oxygen atoms in total. The van der Waals surface area contributed by atoms with Gasteiger partial charge >= 0.3 is 0 Å². The highest BCUT2D eigenvalue weighted by atomic mass is 79.9. The molecule has 1 saturated heterocycles. The molecular formula is C25H19BrFN3O. The van der Waals surface area contributed by atoms with Crippen LogP contribution in [0.25, 0.3) is 22.2 Å². The molecule has 0 spiro atoms. The molecule has 1 saturated carbocycles. The van der Waals surface area contributed by atoms with Gasteiger partial charge in [0.15, 0.2) is 0 Å². The Kier molecular flexibility index (Phi) is 4.09. The average molecular weight is 476 g/mol.